The van der Waals surface area contributed by atoms with Crippen molar-refractivity contribution in [2.75, 3.05) is 29.9 Å². The average molecular weight is 272 g/mol. The van der Waals surface area contributed by atoms with Crippen molar-refractivity contribution in [2.45, 2.75) is 51.9 Å². The summed E-state index contributed by atoms with van der Waals surface area (Å²) in [6.07, 6.45) is 9.45. The Morgan fingerprint density at radius 2 is 2.15 bits per heavy atom. The molecule has 1 atom stereocenters. The molecule has 1 fully saturated rings. The molecule has 0 aliphatic carbocycles. The maximum Gasteiger partial charge on any atom is 0.0419 e. The lowest BCUT2D eigenvalue weighted by Gasteiger charge is -2.29. The van der Waals surface area contributed by atoms with Crippen LogP contribution in [-0.2, 0) is 6.42 Å². The molecule has 0 spiro atoms. The predicted octanol–water partition coefficient (Wildman–Crippen LogP) is 4.45. The second-order valence-electron chi connectivity index (χ2n) is 6.41. The molecule has 20 heavy (non-hydrogen) atoms. The van der Waals surface area contributed by atoms with Gasteiger partial charge < -0.3 is 10.2 Å². The van der Waals surface area contributed by atoms with Gasteiger partial charge in [0.05, 0.1) is 0 Å². The van der Waals surface area contributed by atoms with Gasteiger partial charge in [-0.25, -0.2) is 0 Å². The molecule has 2 heteroatoms. The minimum Gasteiger partial charge on any atom is -0.385 e. The van der Waals surface area contributed by atoms with Crippen LogP contribution in [0.2, 0.25) is 0 Å². The molecule has 1 unspecified atom stereocenters. The van der Waals surface area contributed by atoms with Gasteiger partial charge in [0, 0.05) is 31.0 Å². The first-order valence-electron chi connectivity index (χ1n) is 8.49. The van der Waals surface area contributed by atoms with Crippen LogP contribution in [0.5, 0.6) is 0 Å². The summed E-state index contributed by atoms with van der Waals surface area (Å²) in [6, 6.07) is 6.81. The van der Waals surface area contributed by atoms with Crippen molar-refractivity contribution in [1.82, 2.24) is 0 Å². The zero-order valence-electron chi connectivity index (χ0n) is 12.8. The first-order chi connectivity index (χ1) is 9.88. The lowest BCUT2D eigenvalue weighted by Crippen LogP contribution is -2.26. The summed E-state index contributed by atoms with van der Waals surface area (Å²) < 4.78 is 0. The Morgan fingerprint density at radius 3 is 3.05 bits per heavy atom. The first kappa shape index (κ1) is 13.8. The summed E-state index contributed by atoms with van der Waals surface area (Å²) in [7, 11) is 0. The summed E-state index contributed by atoms with van der Waals surface area (Å²) in [5.41, 5.74) is 4.45. The third kappa shape index (κ3) is 2.94. The number of hydrogen-bond donors (Lipinski definition) is 1. The second kappa shape index (κ2) is 6.51. The highest BCUT2D eigenvalue weighted by molar-refractivity contribution is 5.67. The standard InChI is InChI=1S/C18H28N2/c1-2-6-15-7-5-13-20(14-11-15)18-10-3-9-17-16(18)8-4-12-19-17/h3,9-10,15,19H,2,4-8,11-14H2,1H3. The molecule has 2 nitrogen and oxygen atoms in total. The minimum atomic E-state index is 0.961. The molecular formula is C18H28N2. The largest absolute Gasteiger partial charge is 0.385 e. The van der Waals surface area contributed by atoms with Gasteiger partial charge in [0.15, 0.2) is 0 Å². The Bertz CT molecular complexity index is 441. The SMILES string of the molecule is CCCC1CCCN(c2cccc3c2CCCN3)CC1. The number of fused-ring (bicyclic) bond motifs is 1. The monoisotopic (exact) mass is 272 g/mol. The van der Waals surface area contributed by atoms with Gasteiger partial charge in [-0.2, -0.15) is 0 Å². The van der Waals surface area contributed by atoms with Crippen molar-refractivity contribution in [3.63, 3.8) is 0 Å². The van der Waals surface area contributed by atoms with Crippen LogP contribution in [0, 0.1) is 5.92 Å². The van der Waals surface area contributed by atoms with Gasteiger partial charge in [0.2, 0.25) is 0 Å². The van der Waals surface area contributed by atoms with Gasteiger partial charge in [-0.05, 0) is 55.7 Å². The third-order valence-electron chi connectivity index (χ3n) is 4.96. The predicted molar refractivity (Wildman–Crippen MR) is 87.7 cm³/mol. The Labute approximate surface area is 123 Å². The minimum absolute atomic E-state index is 0.961. The lowest BCUT2D eigenvalue weighted by atomic mass is 9.96. The van der Waals surface area contributed by atoms with Crippen LogP contribution in [0.4, 0.5) is 11.4 Å². The van der Waals surface area contributed by atoms with Crippen molar-refractivity contribution in [3.8, 4) is 0 Å². The summed E-state index contributed by atoms with van der Waals surface area (Å²) in [6.45, 7) is 5.95. The first-order valence-corrected chi connectivity index (χ1v) is 8.49. The Balaban J connectivity index is 1.76. The van der Waals surface area contributed by atoms with E-state index in [2.05, 4.69) is 35.3 Å². The van der Waals surface area contributed by atoms with Crippen molar-refractivity contribution in [1.29, 1.82) is 0 Å². The number of rotatable bonds is 3. The van der Waals surface area contributed by atoms with E-state index in [9.17, 15) is 0 Å². The van der Waals surface area contributed by atoms with E-state index in [0.717, 1.165) is 12.5 Å². The van der Waals surface area contributed by atoms with Crippen LogP contribution < -0.4 is 10.2 Å². The molecule has 110 valence electrons. The van der Waals surface area contributed by atoms with Crippen LogP contribution in [0.25, 0.3) is 0 Å². The molecule has 1 aromatic carbocycles. The highest BCUT2D eigenvalue weighted by atomic mass is 15.1. The molecule has 1 aromatic rings. The van der Waals surface area contributed by atoms with Gasteiger partial charge in [-0.3, -0.25) is 0 Å². The second-order valence-corrected chi connectivity index (χ2v) is 6.41. The van der Waals surface area contributed by atoms with Crippen molar-refractivity contribution in [3.05, 3.63) is 23.8 Å². The Hall–Kier alpha value is -1.18. The van der Waals surface area contributed by atoms with Crippen molar-refractivity contribution >= 4 is 11.4 Å². The van der Waals surface area contributed by atoms with Crippen LogP contribution in [0.1, 0.15) is 51.0 Å². The fourth-order valence-corrected chi connectivity index (χ4v) is 3.89. The molecule has 0 saturated carbocycles. The lowest BCUT2D eigenvalue weighted by molar-refractivity contribution is 0.435. The average Bonchev–Trinajstić information content (AvgIpc) is 2.73. The zero-order chi connectivity index (χ0) is 13.8. The van der Waals surface area contributed by atoms with Crippen molar-refractivity contribution in [2.24, 2.45) is 5.92 Å². The molecule has 0 amide bonds. The van der Waals surface area contributed by atoms with E-state index in [4.69, 9.17) is 0 Å². The van der Waals surface area contributed by atoms with E-state index in [0.29, 0.717) is 0 Å². The Morgan fingerprint density at radius 1 is 1.20 bits per heavy atom. The number of nitrogens with one attached hydrogen (secondary N) is 1. The molecule has 0 aromatic heterocycles. The number of nitrogens with zero attached hydrogens (tertiary/aromatic N) is 1. The van der Waals surface area contributed by atoms with E-state index < -0.39 is 0 Å². The maximum absolute atomic E-state index is 3.56. The highest BCUT2D eigenvalue weighted by Crippen LogP contribution is 2.33. The van der Waals surface area contributed by atoms with Gasteiger partial charge in [0.25, 0.3) is 0 Å². The summed E-state index contributed by atoms with van der Waals surface area (Å²) in [5.74, 6) is 0.961. The number of benzene rings is 1. The number of anilines is 2. The smallest absolute Gasteiger partial charge is 0.0419 e. The van der Waals surface area contributed by atoms with Crippen molar-refractivity contribution < 1.29 is 0 Å². The molecule has 1 saturated heterocycles. The third-order valence-corrected chi connectivity index (χ3v) is 4.96. The maximum atomic E-state index is 3.56. The molecule has 2 aliphatic rings. The van der Waals surface area contributed by atoms with E-state index in [-0.39, 0.29) is 0 Å². The van der Waals surface area contributed by atoms with Gasteiger partial charge >= 0.3 is 0 Å². The summed E-state index contributed by atoms with van der Waals surface area (Å²) >= 11 is 0. The fourth-order valence-electron chi connectivity index (χ4n) is 3.89. The summed E-state index contributed by atoms with van der Waals surface area (Å²) in [5, 5.41) is 3.56. The molecule has 2 heterocycles. The Kier molecular flexibility index (Phi) is 4.49. The number of hydrogen-bond acceptors (Lipinski definition) is 2. The molecule has 0 radical (unpaired) electrons. The van der Waals surface area contributed by atoms with Crippen LogP contribution in [0.15, 0.2) is 18.2 Å². The fraction of sp³-hybridized carbons (Fsp3) is 0.667. The summed E-state index contributed by atoms with van der Waals surface area (Å²) in [4.78, 5) is 2.65. The molecular weight excluding hydrogens is 244 g/mol. The topological polar surface area (TPSA) is 15.3 Å². The quantitative estimate of drug-likeness (QED) is 0.874. The highest BCUT2D eigenvalue weighted by Gasteiger charge is 2.20. The van der Waals surface area contributed by atoms with Gasteiger partial charge in [-0.1, -0.05) is 25.8 Å². The normalized spacial score (nSPS) is 22.9. The van der Waals surface area contributed by atoms with Gasteiger partial charge in [-0.15, -0.1) is 0 Å². The van der Waals surface area contributed by atoms with E-state index >= 15 is 0 Å². The van der Waals surface area contributed by atoms with E-state index in [1.54, 1.807) is 5.56 Å². The van der Waals surface area contributed by atoms with E-state index in [1.165, 1.54) is 69.4 Å². The van der Waals surface area contributed by atoms with Gasteiger partial charge in [0.1, 0.15) is 0 Å². The van der Waals surface area contributed by atoms with Crippen LogP contribution >= 0.6 is 0 Å². The molecule has 1 N–H and O–H groups in total. The molecule has 3 rings (SSSR count). The van der Waals surface area contributed by atoms with Crippen LogP contribution in [0.3, 0.4) is 0 Å². The zero-order valence-corrected chi connectivity index (χ0v) is 12.8. The van der Waals surface area contributed by atoms with Crippen LogP contribution in [-0.4, -0.2) is 19.6 Å². The molecule has 0 bridgehead atoms. The molecule has 2 aliphatic heterocycles. The van der Waals surface area contributed by atoms with E-state index in [1.807, 2.05) is 0 Å².